The van der Waals surface area contributed by atoms with Gasteiger partial charge in [-0.1, -0.05) is 6.07 Å². The van der Waals surface area contributed by atoms with Gasteiger partial charge in [0.25, 0.3) is 0 Å². The van der Waals surface area contributed by atoms with Gasteiger partial charge in [0.15, 0.2) is 5.82 Å². The molecule has 0 aliphatic rings. The van der Waals surface area contributed by atoms with Crippen molar-refractivity contribution in [1.29, 1.82) is 0 Å². The van der Waals surface area contributed by atoms with Gasteiger partial charge in [-0.25, -0.2) is 14.2 Å². The Hall–Kier alpha value is -2.52. The molecule has 0 unspecified atom stereocenters. The maximum atomic E-state index is 11.8. The predicted molar refractivity (Wildman–Crippen MR) is 114 cm³/mol. The molecule has 0 spiro atoms. The molecule has 2 heterocycles. The van der Waals surface area contributed by atoms with Crippen LogP contribution in [0.3, 0.4) is 0 Å². The van der Waals surface area contributed by atoms with Gasteiger partial charge >= 0.3 is 0 Å². The van der Waals surface area contributed by atoms with Crippen molar-refractivity contribution in [2.24, 2.45) is 4.36 Å². The van der Waals surface area contributed by atoms with E-state index in [0.29, 0.717) is 23.3 Å². The largest absolute Gasteiger partial charge is 0.324 e. The first-order chi connectivity index (χ1) is 12.8. The van der Waals surface area contributed by atoms with E-state index in [-0.39, 0.29) is 0 Å². The average Bonchev–Trinajstić information content (AvgIpc) is 2.58. The first-order valence-corrected chi connectivity index (χ1v) is 11.2. The smallest absolute Gasteiger partial charge is 0.229 e. The van der Waals surface area contributed by atoms with Crippen molar-refractivity contribution < 1.29 is 4.21 Å². The van der Waals surface area contributed by atoms with Crippen LogP contribution in [0.25, 0.3) is 0 Å². The molecule has 0 fully saturated rings. The summed E-state index contributed by atoms with van der Waals surface area (Å²) in [6, 6.07) is 13.0. The molecule has 1 aromatic carbocycles. The molecule has 0 saturated heterocycles. The Balaban J connectivity index is 1.79. The Morgan fingerprint density at radius 2 is 1.78 bits per heavy atom. The number of hydrogen-bond acceptors (Lipinski definition) is 7. The molecule has 0 bridgehead atoms. The molecule has 0 aliphatic heterocycles. The van der Waals surface area contributed by atoms with Gasteiger partial charge < -0.3 is 10.6 Å². The normalized spacial score (nSPS) is 11.1. The molecule has 2 aromatic heterocycles. The highest BCUT2D eigenvalue weighted by Gasteiger charge is 2.07. The second-order valence-corrected chi connectivity index (χ2v) is 9.52. The Morgan fingerprint density at radius 1 is 1.04 bits per heavy atom. The lowest BCUT2D eigenvalue weighted by Crippen LogP contribution is -2.02. The molecule has 0 amide bonds. The van der Waals surface area contributed by atoms with Crippen molar-refractivity contribution in [1.82, 2.24) is 15.0 Å². The number of aryl methyl sites for hydroxylation is 1. The zero-order valence-electron chi connectivity index (χ0n) is 15.1. The van der Waals surface area contributed by atoms with Crippen LogP contribution in [-0.2, 0) is 9.73 Å². The second-order valence-electron chi connectivity index (χ2n) is 6.12. The fraction of sp³-hybridized carbons (Fsp3) is 0.167. The third-order valence-electron chi connectivity index (χ3n) is 3.33. The predicted octanol–water partition coefficient (Wildman–Crippen LogP) is 4.79. The van der Waals surface area contributed by atoms with Crippen molar-refractivity contribution in [3.8, 4) is 0 Å². The number of hydrogen-bond donors (Lipinski definition) is 2. The van der Waals surface area contributed by atoms with Crippen LogP contribution in [0.1, 0.15) is 5.69 Å². The Kier molecular flexibility index (Phi) is 5.71. The fourth-order valence-corrected chi connectivity index (χ4v) is 3.16. The van der Waals surface area contributed by atoms with E-state index < -0.39 is 9.73 Å². The third-order valence-corrected chi connectivity index (χ3v) is 4.56. The Labute approximate surface area is 167 Å². The lowest BCUT2D eigenvalue weighted by atomic mass is 10.3. The van der Waals surface area contributed by atoms with Crippen molar-refractivity contribution >= 4 is 54.6 Å². The van der Waals surface area contributed by atoms with Crippen LogP contribution in [0, 0.1) is 6.92 Å². The zero-order chi connectivity index (χ0) is 19.4. The maximum Gasteiger partial charge on any atom is 0.229 e. The summed E-state index contributed by atoms with van der Waals surface area (Å²) in [5.74, 6) is 1.75. The summed E-state index contributed by atoms with van der Waals surface area (Å²) in [7, 11) is -2.18. The van der Waals surface area contributed by atoms with Crippen LogP contribution in [0.15, 0.2) is 57.5 Å². The number of rotatable bonds is 5. The van der Waals surface area contributed by atoms with E-state index in [1.54, 1.807) is 30.8 Å². The van der Waals surface area contributed by atoms with E-state index in [9.17, 15) is 4.21 Å². The Morgan fingerprint density at radius 3 is 2.44 bits per heavy atom. The van der Waals surface area contributed by atoms with Gasteiger partial charge in [0.2, 0.25) is 5.95 Å². The highest BCUT2D eigenvalue weighted by atomic mass is 79.9. The van der Waals surface area contributed by atoms with E-state index in [2.05, 4.69) is 45.9 Å². The van der Waals surface area contributed by atoms with Crippen LogP contribution in [0.5, 0.6) is 0 Å². The van der Waals surface area contributed by atoms with Gasteiger partial charge in [-0.05, 0) is 59.3 Å². The summed E-state index contributed by atoms with van der Waals surface area (Å²) >= 11 is 3.45. The average molecular weight is 447 g/mol. The van der Waals surface area contributed by atoms with E-state index in [0.717, 1.165) is 15.9 Å². The van der Waals surface area contributed by atoms with Crippen LogP contribution < -0.4 is 10.6 Å². The summed E-state index contributed by atoms with van der Waals surface area (Å²) < 4.78 is 16.6. The monoisotopic (exact) mass is 446 g/mol. The molecule has 0 aliphatic carbocycles. The second kappa shape index (κ2) is 8.01. The Bertz CT molecular complexity index is 1070. The number of anilines is 4. The summed E-state index contributed by atoms with van der Waals surface area (Å²) in [5.41, 5.74) is 2.38. The van der Waals surface area contributed by atoms with Gasteiger partial charge in [-0.15, -0.1) is 0 Å². The molecule has 27 heavy (non-hydrogen) atoms. The van der Waals surface area contributed by atoms with Crippen LogP contribution in [0.2, 0.25) is 0 Å². The lowest BCUT2D eigenvalue weighted by molar-refractivity contribution is 0.684. The number of aromatic nitrogens is 3. The molecule has 3 aromatic rings. The van der Waals surface area contributed by atoms with E-state index >= 15 is 0 Å². The highest BCUT2D eigenvalue weighted by Crippen LogP contribution is 2.25. The zero-order valence-corrected chi connectivity index (χ0v) is 17.5. The van der Waals surface area contributed by atoms with E-state index in [4.69, 9.17) is 0 Å². The minimum Gasteiger partial charge on any atom is -0.324 e. The van der Waals surface area contributed by atoms with Crippen LogP contribution in [0.4, 0.5) is 29.0 Å². The molecule has 0 saturated carbocycles. The van der Waals surface area contributed by atoms with Gasteiger partial charge in [-0.3, -0.25) is 0 Å². The minimum absolute atomic E-state index is 0.438. The van der Waals surface area contributed by atoms with Crippen molar-refractivity contribution in [3.05, 3.63) is 58.8 Å². The maximum absolute atomic E-state index is 11.8. The number of pyridine rings is 1. The van der Waals surface area contributed by atoms with Crippen molar-refractivity contribution in [3.63, 3.8) is 0 Å². The molecule has 0 radical (unpaired) electrons. The molecule has 9 heteroatoms. The number of nitrogens with zero attached hydrogens (tertiary/aromatic N) is 4. The van der Waals surface area contributed by atoms with Crippen LogP contribution >= 0.6 is 15.9 Å². The van der Waals surface area contributed by atoms with Gasteiger partial charge in [0, 0.05) is 39.8 Å². The summed E-state index contributed by atoms with van der Waals surface area (Å²) in [6.07, 6.45) is 4.87. The van der Waals surface area contributed by atoms with Crippen molar-refractivity contribution in [2.75, 3.05) is 23.1 Å². The topological polar surface area (TPSA) is 92.2 Å². The molecular formula is C18H19BrN6OS. The van der Waals surface area contributed by atoms with E-state index in [1.807, 2.05) is 37.3 Å². The van der Waals surface area contributed by atoms with Gasteiger partial charge in [-0.2, -0.15) is 9.35 Å². The summed E-state index contributed by atoms with van der Waals surface area (Å²) in [5, 5.41) is 6.32. The quantitative estimate of drug-likeness (QED) is 0.585. The molecule has 0 atom stereocenters. The molecule has 140 valence electrons. The number of halogens is 1. The van der Waals surface area contributed by atoms with E-state index in [1.165, 1.54) is 0 Å². The summed E-state index contributed by atoms with van der Waals surface area (Å²) in [4.78, 5) is 13.2. The minimum atomic E-state index is -2.18. The first-order valence-electron chi connectivity index (χ1n) is 8.06. The standard InChI is InChI=1S/C18H19BrN6OS/c1-12-5-4-6-16(21-12)23-17-15(19)11-20-18(24-17)22-13-7-9-14(10-8-13)25-27(2,3)26/h4-11H,1-3H3,(H2,20,21,22,23,24). The molecule has 3 rings (SSSR count). The first kappa shape index (κ1) is 19.2. The summed E-state index contributed by atoms with van der Waals surface area (Å²) in [6.45, 7) is 1.93. The third kappa shape index (κ3) is 5.73. The molecular weight excluding hydrogens is 428 g/mol. The van der Waals surface area contributed by atoms with Gasteiger partial charge in [0.05, 0.1) is 10.2 Å². The van der Waals surface area contributed by atoms with Gasteiger partial charge in [0.1, 0.15) is 5.82 Å². The fourth-order valence-electron chi connectivity index (χ4n) is 2.24. The SMILES string of the molecule is Cc1cccc(Nc2nc(Nc3ccc(N=S(C)(C)=O)cc3)ncc2Br)n1. The molecule has 7 nitrogen and oxygen atoms in total. The number of benzene rings is 1. The number of nitrogens with one attached hydrogen (secondary N) is 2. The lowest BCUT2D eigenvalue weighted by Gasteiger charge is -2.10. The van der Waals surface area contributed by atoms with Crippen molar-refractivity contribution in [2.45, 2.75) is 6.92 Å². The molecule has 2 N–H and O–H groups in total. The van der Waals surface area contributed by atoms with Crippen LogP contribution in [-0.4, -0.2) is 31.7 Å². The highest BCUT2D eigenvalue weighted by molar-refractivity contribution is 9.10.